The Morgan fingerprint density at radius 2 is 2.10 bits per heavy atom. The monoisotopic (exact) mass is 272 g/mol. The van der Waals surface area contributed by atoms with Gasteiger partial charge >= 0.3 is 0 Å². The second kappa shape index (κ2) is 5.88. The molecule has 1 heterocycles. The average molecular weight is 272 g/mol. The molecule has 0 radical (unpaired) electrons. The molecule has 1 aromatic carbocycles. The van der Waals surface area contributed by atoms with Crippen LogP contribution < -0.4 is 10.6 Å². The summed E-state index contributed by atoms with van der Waals surface area (Å²) < 4.78 is 0. The summed E-state index contributed by atoms with van der Waals surface area (Å²) in [5.74, 6) is -0.0122. The molecule has 0 aliphatic carbocycles. The summed E-state index contributed by atoms with van der Waals surface area (Å²) in [5.41, 5.74) is 8.02. The molecule has 5 nitrogen and oxygen atoms in total. The Hall–Kier alpha value is -2.14. The maximum Gasteiger partial charge on any atom is 0.126 e. The summed E-state index contributed by atoms with van der Waals surface area (Å²) in [7, 11) is 0. The van der Waals surface area contributed by atoms with Crippen LogP contribution in [0.25, 0.3) is 10.9 Å². The zero-order chi connectivity index (χ0) is 14.7. The van der Waals surface area contributed by atoms with Crippen LogP contribution >= 0.6 is 0 Å². The van der Waals surface area contributed by atoms with Gasteiger partial charge in [0, 0.05) is 24.2 Å². The van der Waals surface area contributed by atoms with Crippen molar-refractivity contribution in [1.29, 1.82) is 5.41 Å². The summed E-state index contributed by atoms with van der Waals surface area (Å²) in [5, 5.41) is 18.0. The molecule has 0 bridgehead atoms. The largest absolute Gasteiger partial charge is 0.395 e. The van der Waals surface area contributed by atoms with Crippen LogP contribution in [-0.2, 0) is 0 Å². The number of hydrogen-bond acceptors (Lipinski definition) is 4. The van der Waals surface area contributed by atoms with E-state index in [1.54, 1.807) is 6.20 Å². The van der Waals surface area contributed by atoms with Crippen molar-refractivity contribution < 1.29 is 5.11 Å². The first kappa shape index (κ1) is 14.3. The fourth-order valence-corrected chi connectivity index (χ4v) is 2.37. The molecule has 2 aromatic rings. The molecule has 0 saturated carbocycles. The number of anilines is 1. The number of nitrogens with zero attached hydrogens (tertiary/aromatic N) is 2. The van der Waals surface area contributed by atoms with Crippen molar-refractivity contribution in [2.24, 2.45) is 5.73 Å². The fraction of sp³-hybridized carbons (Fsp3) is 0.333. The van der Waals surface area contributed by atoms with E-state index < -0.39 is 0 Å². The van der Waals surface area contributed by atoms with Crippen molar-refractivity contribution in [2.75, 3.05) is 18.1 Å². The van der Waals surface area contributed by atoms with E-state index in [0.29, 0.717) is 12.1 Å². The Kier molecular flexibility index (Phi) is 4.20. The van der Waals surface area contributed by atoms with E-state index in [0.717, 1.165) is 16.6 Å². The lowest BCUT2D eigenvalue weighted by Crippen LogP contribution is -2.35. The van der Waals surface area contributed by atoms with Crippen LogP contribution in [-0.4, -0.2) is 35.1 Å². The van der Waals surface area contributed by atoms with Gasteiger partial charge < -0.3 is 15.7 Å². The van der Waals surface area contributed by atoms with Crippen LogP contribution in [0.1, 0.15) is 19.4 Å². The maximum atomic E-state index is 9.31. The van der Waals surface area contributed by atoms with Gasteiger partial charge in [0.15, 0.2) is 0 Å². The lowest BCUT2D eigenvalue weighted by atomic mass is 10.1. The molecule has 0 amide bonds. The first-order valence-electron chi connectivity index (χ1n) is 6.66. The number of nitrogen functional groups attached to an aromatic ring is 1. The predicted molar refractivity (Wildman–Crippen MR) is 82.3 cm³/mol. The topological polar surface area (TPSA) is 86.2 Å². The SMILES string of the molecule is CC(C)N(CCO)c1c(C(=N)N)cnc2ccccc12. The maximum absolute atomic E-state index is 9.31. The van der Waals surface area contributed by atoms with Gasteiger partial charge in [0.05, 0.1) is 23.4 Å². The minimum atomic E-state index is -0.0122. The number of benzene rings is 1. The number of amidine groups is 1. The van der Waals surface area contributed by atoms with Gasteiger partial charge in [0.25, 0.3) is 0 Å². The highest BCUT2D eigenvalue weighted by Gasteiger charge is 2.19. The van der Waals surface area contributed by atoms with Crippen molar-refractivity contribution in [1.82, 2.24) is 4.98 Å². The van der Waals surface area contributed by atoms with Gasteiger partial charge in [-0.1, -0.05) is 18.2 Å². The summed E-state index contributed by atoms with van der Waals surface area (Å²) in [6.07, 6.45) is 1.63. The Balaban J connectivity index is 2.74. The summed E-state index contributed by atoms with van der Waals surface area (Å²) in [4.78, 5) is 6.41. The van der Waals surface area contributed by atoms with Crippen molar-refractivity contribution >= 4 is 22.4 Å². The summed E-state index contributed by atoms with van der Waals surface area (Å²) in [6, 6.07) is 7.95. The van der Waals surface area contributed by atoms with Crippen LogP contribution in [0.2, 0.25) is 0 Å². The van der Waals surface area contributed by atoms with Gasteiger partial charge in [-0.05, 0) is 19.9 Å². The van der Waals surface area contributed by atoms with Gasteiger partial charge in [-0.2, -0.15) is 0 Å². The molecule has 20 heavy (non-hydrogen) atoms. The van der Waals surface area contributed by atoms with Crippen LogP contribution in [0, 0.1) is 5.41 Å². The smallest absolute Gasteiger partial charge is 0.126 e. The van der Waals surface area contributed by atoms with Crippen LogP contribution in [0.15, 0.2) is 30.5 Å². The van der Waals surface area contributed by atoms with Crippen LogP contribution in [0.5, 0.6) is 0 Å². The second-order valence-corrected chi connectivity index (χ2v) is 4.96. The zero-order valence-electron chi connectivity index (χ0n) is 11.8. The highest BCUT2D eigenvalue weighted by Crippen LogP contribution is 2.30. The van der Waals surface area contributed by atoms with Gasteiger partial charge in [-0.25, -0.2) is 0 Å². The number of nitrogens with one attached hydrogen (secondary N) is 1. The highest BCUT2D eigenvalue weighted by molar-refractivity contribution is 6.07. The lowest BCUT2D eigenvalue weighted by Gasteiger charge is -2.31. The Morgan fingerprint density at radius 1 is 1.40 bits per heavy atom. The van der Waals surface area contributed by atoms with Gasteiger partial charge in [0.1, 0.15) is 5.84 Å². The van der Waals surface area contributed by atoms with E-state index in [-0.39, 0.29) is 18.5 Å². The normalized spacial score (nSPS) is 11.0. The predicted octanol–water partition coefficient (Wildman–Crippen LogP) is 1.73. The third kappa shape index (κ3) is 2.58. The summed E-state index contributed by atoms with van der Waals surface area (Å²) >= 11 is 0. The van der Waals surface area contributed by atoms with E-state index in [1.165, 1.54) is 0 Å². The number of aliphatic hydroxyl groups excluding tert-OH is 1. The van der Waals surface area contributed by atoms with E-state index in [2.05, 4.69) is 23.7 Å². The van der Waals surface area contributed by atoms with Crippen molar-refractivity contribution in [3.63, 3.8) is 0 Å². The fourth-order valence-electron chi connectivity index (χ4n) is 2.37. The third-order valence-corrected chi connectivity index (χ3v) is 3.29. The Bertz CT molecular complexity index is 624. The zero-order valence-corrected chi connectivity index (χ0v) is 11.8. The molecule has 0 spiro atoms. The molecular formula is C15H20N4O. The van der Waals surface area contributed by atoms with E-state index in [9.17, 15) is 5.11 Å². The number of fused-ring (bicyclic) bond motifs is 1. The van der Waals surface area contributed by atoms with Gasteiger partial charge in [-0.3, -0.25) is 10.4 Å². The number of para-hydroxylation sites is 1. The van der Waals surface area contributed by atoms with Crippen molar-refractivity contribution in [3.8, 4) is 0 Å². The molecular weight excluding hydrogens is 252 g/mol. The molecule has 4 N–H and O–H groups in total. The number of hydrogen-bond donors (Lipinski definition) is 3. The minimum Gasteiger partial charge on any atom is -0.395 e. The molecule has 0 atom stereocenters. The number of rotatable bonds is 5. The molecule has 0 aliphatic rings. The molecule has 0 fully saturated rings. The number of aromatic nitrogens is 1. The van der Waals surface area contributed by atoms with E-state index in [4.69, 9.17) is 11.1 Å². The minimum absolute atomic E-state index is 0.0122. The molecule has 0 aliphatic heterocycles. The molecule has 1 aromatic heterocycles. The van der Waals surface area contributed by atoms with Gasteiger partial charge in [-0.15, -0.1) is 0 Å². The molecule has 0 unspecified atom stereocenters. The third-order valence-electron chi connectivity index (χ3n) is 3.29. The highest BCUT2D eigenvalue weighted by atomic mass is 16.3. The molecule has 2 rings (SSSR count). The van der Waals surface area contributed by atoms with Crippen LogP contribution in [0.3, 0.4) is 0 Å². The van der Waals surface area contributed by atoms with Gasteiger partial charge in [0.2, 0.25) is 0 Å². The Labute approximate surface area is 118 Å². The molecule has 0 saturated heterocycles. The van der Waals surface area contributed by atoms with Crippen LogP contribution in [0.4, 0.5) is 5.69 Å². The standard InChI is InChI=1S/C15H20N4O/c1-10(2)19(7-8-20)14-11-5-3-4-6-13(11)18-9-12(14)15(16)17/h3-6,9-10,20H,7-8H2,1-2H3,(H3,16,17). The van der Waals surface area contributed by atoms with Crippen molar-refractivity contribution in [3.05, 3.63) is 36.0 Å². The quantitative estimate of drug-likeness (QED) is 0.571. The molecule has 5 heteroatoms. The second-order valence-electron chi connectivity index (χ2n) is 4.96. The average Bonchev–Trinajstić information content (AvgIpc) is 2.43. The Morgan fingerprint density at radius 3 is 2.70 bits per heavy atom. The van der Waals surface area contributed by atoms with E-state index >= 15 is 0 Å². The number of nitrogens with two attached hydrogens (primary N) is 1. The summed E-state index contributed by atoms with van der Waals surface area (Å²) in [6.45, 7) is 4.64. The number of aliphatic hydroxyl groups is 1. The first-order chi connectivity index (χ1) is 9.56. The first-order valence-corrected chi connectivity index (χ1v) is 6.66. The van der Waals surface area contributed by atoms with Crippen molar-refractivity contribution in [2.45, 2.75) is 19.9 Å². The lowest BCUT2D eigenvalue weighted by molar-refractivity contribution is 0.299. The van der Waals surface area contributed by atoms with E-state index in [1.807, 2.05) is 24.3 Å². The molecule has 106 valence electrons. The number of pyridine rings is 1.